The lowest BCUT2D eigenvalue weighted by molar-refractivity contribution is -0.126. The van der Waals surface area contributed by atoms with E-state index in [9.17, 15) is 4.79 Å². The molecular formula is C12H16O. The molecule has 2 bridgehead atoms. The van der Waals surface area contributed by atoms with Gasteiger partial charge in [0.05, 0.1) is 0 Å². The first-order chi connectivity index (χ1) is 6.31. The van der Waals surface area contributed by atoms with Crippen LogP contribution in [0, 0.1) is 17.8 Å². The van der Waals surface area contributed by atoms with E-state index in [-0.39, 0.29) is 5.92 Å². The fraction of sp³-hybridized carbons (Fsp3) is 0.583. The van der Waals surface area contributed by atoms with Gasteiger partial charge in [0.25, 0.3) is 0 Å². The maximum Gasteiger partial charge on any atom is 0.140 e. The lowest BCUT2D eigenvalue weighted by atomic mass is 9.67. The van der Waals surface area contributed by atoms with Crippen LogP contribution in [-0.4, -0.2) is 5.78 Å². The smallest absolute Gasteiger partial charge is 0.140 e. The van der Waals surface area contributed by atoms with Crippen LogP contribution < -0.4 is 0 Å². The van der Waals surface area contributed by atoms with Crippen LogP contribution in [0.25, 0.3) is 0 Å². The van der Waals surface area contributed by atoms with E-state index in [4.69, 9.17) is 0 Å². The first-order valence-electron chi connectivity index (χ1n) is 5.13. The lowest BCUT2D eigenvalue weighted by Crippen LogP contribution is -2.34. The number of carbonyl (C=O) groups excluding carboxylic acids is 1. The summed E-state index contributed by atoms with van der Waals surface area (Å²) in [5.41, 5.74) is 0. The summed E-state index contributed by atoms with van der Waals surface area (Å²) in [5.74, 6) is 1.86. The summed E-state index contributed by atoms with van der Waals surface area (Å²) in [7, 11) is 0. The molecule has 0 heterocycles. The Morgan fingerprint density at radius 2 is 2.38 bits per heavy atom. The summed E-state index contributed by atoms with van der Waals surface area (Å²) in [6.07, 6.45) is 10.5. The van der Waals surface area contributed by atoms with Crippen LogP contribution in [0.5, 0.6) is 0 Å². The van der Waals surface area contributed by atoms with Gasteiger partial charge in [-0.2, -0.15) is 0 Å². The van der Waals surface area contributed by atoms with Crippen molar-refractivity contribution in [1.82, 2.24) is 0 Å². The van der Waals surface area contributed by atoms with Gasteiger partial charge >= 0.3 is 0 Å². The maximum absolute atomic E-state index is 11.6. The summed E-state index contributed by atoms with van der Waals surface area (Å²) < 4.78 is 0. The summed E-state index contributed by atoms with van der Waals surface area (Å²) >= 11 is 0. The lowest BCUT2D eigenvalue weighted by Gasteiger charge is -2.36. The number of Topliss-reactive ketones (excluding diaryl/α,β-unsaturated/α-hetero) is 1. The fourth-order valence-electron chi connectivity index (χ4n) is 2.59. The third-order valence-corrected chi connectivity index (χ3v) is 3.28. The molecular weight excluding hydrogens is 160 g/mol. The molecule has 1 heteroatoms. The van der Waals surface area contributed by atoms with Crippen LogP contribution >= 0.6 is 0 Å². The van der Waals surface area contributed by atoms with Gasteiger partial charge in [-0.3, -0.25) is 4.79 Å². The van der Waals surface area contributed by atoms with E-state index < -0.39 is 0 Å². The van der Waals surface area contributed by atoms with Crippen molar-refractivity contribution in [3.8, 4) is 0 Å². The number of hydrogen-bond acceptors (Lipinski definition) is 1. The van der Waals surface area contributed by atoms with Crippen LogP contribution in [-0.2, 0) is 4.79 Å². The van der Waals surface area contributed by atoms with Crippen molar-refractivity contribution in [2.24, 2.45) is 17.8 Å². The molecule has 1 saturated carbocycles. The second-order valence-electron chi connectivity index (χ2n) is 4.20. The van der Waals surface area contributed by atoms with Gasteiger partial charge in [0.15, 0.2) is 0 Å². The zero-order valence-corrected chi connectivity index (χ0v) is 7.91. The van der Waals surface area contributed by atoms with E-state index >= 15 is 0 Å². The molecule has 0 N–H and O–H groups in total. The molecule has 3 aliphatic rings. The highest BCUT2D eigenvalue weighted by molar-refractivity contribution is 5.85. The monoisotopic (exact) mass is 176 g/mol. The Bertz CT molecular complexity index is 252. The molecule has 0 spiro atoms. The summed E-state index contributed by atoms with van der Waals surface area (Å²) in [4.78, 5) is 11.6. The molecule has 1 fully saturated rings. The molecule has 0 radical (unpaired) electrons. The fourth-order valence-corrected chi connectivity index (χ4v) is 2.59. The largest absolute Gasteiger partial charge is 0.299 e. The second-order valence-corrected chi connectivity index (χ2v) is 4.20. The van der Waals surface area contributed by atoms with Crippen LogP contribution in [0.2, 0.25) is 0 Å². The van der Waals surface area contributed by atoms with E-state index in [0.29, 0.717) is 17.6 Å². The van der Waals surface area contributed by atoms with E-state index in [1.165, 1.54) is 6.42 Å². The van der Waals surface area contributed by atoms with Crippen molar-refractivity contribution < 1.29 is 4.79 Å². The van der Waals surface area contributed by atoms with Crippen LogP contribution in [0.4, 0.5) is 0 Å². The Labute approximate surface area is 79.5 Å². The number of fused-ring (bicyclic) bond motifs is 2. The summed E-state index contributed by atoms with van der Waals surface area (Å²) in [5, 5.41) is 0. The highest BCUT2D eigenvalue weighted by atomic mass is 16.1. The maximum atomic E-state index is 11.6. The van der Waals surface area contributed by atoms with Gasteiger partial charge in [0, 0.05) is 12.3 Å². The summed E-state index contributed by atoms with van der Waals surface area (Å²) in [6.45, 7) is 3.72. The third-order valence-electron chi connectivity index (χ3n) is 3.28. The number of carbonyl (C=O) groups is 1. The highest BCUT2D eigenvalue weighted by Crippen LogP contribution is 2.40. The van der Waals surface area contributed by atoms with Gasteiger partial charge < -0.3 is 0 Å². The molecule has 0 aliphatic heterocycles. The predicted molar refractivity (Wildman–Crippen MR) is 53.3 cm³/mol. The van der Waals surface area contributed by atoms with Crippen molar-refractivity contribution in [3.05, 3.63) is 24.8 Å². The van der Waals surface area contributed by atoms with Crippen LogP contribution in [0.1, 0.15) is 25.7 Å². The molecule has 0 aromatic carbocycles. The molecule has 1 nitrogen and oxygen atoms in total. The molecule has 70 valence electrons. The predicted octanol–water partition coefficient (Wildman–Crippen LogP) is 2.73. The Kier molecular flexibility index (Phi) is 2.34. The summed E-state index contributed by atoms with van der Waals surface area (Å²) in [6, 6.07) is 0. The zero-order chi connectivity index (χ0) is 9.26. The number of hydrogen-bond donors (Lipinski definition) is 0. The normalized spacial score (nSPS) is 36.6. The minimum Gasteiger partial charge on any atom is -0.299 e. The highest BCUT2D eigenvalue weighted by Gasteiger charge is 2.36. The topological polar surface area (TPSA) is 17.1 Å². The quantitative estimate of drug-likeness (QED) is 0.604. The molecule has 3 unspecified atom stereocenters. The van der Waals surface area contributed by atoms with Gasteiger partial charge in [-0.05, 0) is 31.1 Å². The van der Waals surface area contributed by atoms with Crippen molar-refractivity contribution in [1.29, 1.82) is 0 Å². The molecule has 3 aliphatic carbocycles. The molecule has 0 aromatic rings. The van der Waals surface area contributed by atoms with E-state index in [1.54, 1.807) is 0 Å². The standard InChI is InChI=1S/C12H16O/c1-2-3-4-10-7-9-5-6-11(10)12(13)8-9/h2,5-6,9-11H,1,3-4,7-8H2. The van der Waals surface area contributed by atoms with Crippen molar-refractivity contribution in [2.75, 3.05) is 0 Å². The average Bonchev–Trinajstić information content (AvgIpc) is 2.15. The van der Waals surface area contributed by atoms with E-state index in [2.05, 4.69) is 18.7 Å². The molecule has 0 amide bonds. The van der Waals surface area contributed by atoms with Crippen molar-refractivity contribution in [2.45, 2.75) is 25.7 Å². The molecule has 13 heavy (non-hydrogen) atoms. The molecule has 3 atom stereocenters. The second kappa shape index (κ2) is 3.49. The van der Waals surface area contributed by atoms with Gasteiger partial charge in [-0.15, -0.1) is 6.58 Å². The van der Waals surface area contributed by atoms with Crippen molar-refractivity contribution in [3.63, 3.8) is 0 Å². The van der Waals surface area contributed by atoms with Gasteiger partial charge in [-0.1, -0.05) is 18.2 Å². The van der Waals surface area contributed by atoms with E-state index in [0.717, 1.165) is 19.3 Å². The zero-order valence-electron chi connectivity index (χ0n) is 7.91. The Balaban J connectivity index is 2.03. The number of rotatable bonds is 3. The molecule has 0 saturated heterocycles. The Morgan fingerprint density at radius 3 is 3.00 bits per heavy atom. The third kappa shape index (κ3) is 1.60. The first kappa shape index (κ1) is 8.74. The first-order valence-corrected chi connectivity index (χ1v) is 5.13. The van der Waals surface area contributed by atoms with Crippen molar-refractivity contribution >= 4 is 5.78 Å². The van der Waals surface area contributed by atoms with Crippen LogP contribution in [0.3, 0.4) is 0 Å². The average molecular weight is 176 g/mol. The van der Waals surface area contributed by atoms with Gasteiger partial charge in [0.1, 0.15) is 5.78 Å². The van der Waals surface area contributed by atoms with E-state index in [1.807, 2.05) is 6.08 Å². The molecule has 3 rings (SSSR count). The number of allylic oxidation sites excluding steroid dienone is 3. The Morgan fingerprint density at radius 1 is 1.54 bits per heavy atom. The minimum atomic E-state index is 0.241. The van der Waals surface area contributed by atoms with Gasteiger partial charge in [0.2, 0.25) is 0 Å². The SMILES string of the molecule is C=CCCC1CC2C=CC1C(=O)C2. The minimum absolute atomic E-state index is 0.241. The van der Waals surface area contributed by atoms with Crippen LogP contribution in [0.15, 0.2) is 24.8 Å². The van der Waals surface area contributed by atoms with Gasteiger partial charge in [-0.25, -0.2) is 0 Å². The number of ketones is 1. The Hall–Kier alpha value is -0.850. The molecule has 0 aromatic heterocycles.